The van der Waals surface area contributed by atoms with Gasteiger partial charge in [-0.25, -0.2) is 4.98 Å². The molecule has 0 bridgehead atoms. The molecule has 0 aliphatic rings. The first-order valence-corrected chi connectivity index (χ1v) is 9.54. The van der Waals surface area contributed by atoms with Crippen molar-refractivity contribution in [3.63, 3.8) is 0 Å². The van der Waals surface area contributed by atoms with E-state index >= 15 is 0 Å². The normalized spacial score (nSPS) is 13.3. The van der Waals surface area contributed by atoms with Gasteiger partial charge in [0, 0.05) is 11.1 Å². The second-order valence-electron chi connectivity index (χ2n) is 6.49. The molecule has 0 spiro atoms. The Morgan fingerprint density at radius 3 is 2.56 bits per heavy atom. The van der Waals surface area contributed by atoms with Crippen molar-refractivity contribution in [3.8, 4) is 6.07 Å². The van der Waals surface area contributed by atoms with E-state index in [0.717, 1.165) is 0 Å². The molecule has 0 saturated carbocycles. The van der Waals surface area contributed by atoms with E-state index in [4.69, 9.17) is 9.96 Å². The number of thiazole rings is 1. The summed E-state index contributed by atoms with van der Waals surface area (Å²) in [5.74, 6) is 0. The molecule has 3 N–H and O–H groups in total. The summed E-state index contributed by atoms with van der Waals surface area (Å²) in [4.78, 5) is 4.13. The third-order valence-electron chi connectivity index (χ3n) is 3.44. The Kier molecular flexibility index (Phi) is 4.99. The maximum atomic E-state index is 11.2. The van der Waals surface area contributed by atoms with Crippen molar-refractivity contribution in [2.75, 3.05) is 5.32 Å². The fourth-order valence-electron chi connectivity index (χ4n) is 2.04. The Morgan fingerprint density at radius 2 is 2.04 bits per heavy atom. The van der Waals surface area contributed by atoms with E-state index in [0.29, 0.717) is 21.0 Å². The molecular formula is C16H18N4O3S2. The molecule has 1 aromatic carbocycles. The molecule has 1 aromatic heterocycles. The van der Waals surface area contributed by atoms with Crippen molar-refractivity contribution in [3.05, 3.63) is 29.5 Å². The Bertz CT molecular complexity index is 1020. The van der Waals surface area contributed by atoms with Crippen molar-refractivity contribution < 1.29 is 13.0 Å². The second-order valence-corrected chi connectivity index (χ2v) is 8.94. The summed E-state index contributed by atoms with van der Waals surface area (Å²) in [6, 6.07) is 6.17. The average molecular weight is 378 g/mol. The van der Waals surface area contributed by atoms with E-state index in [-0.39, 0.29) is 16.2 Å². The zero-order valence-corrected chi connectivity index (χ0v) is 15.8. The molecule has 0 aliphatic carbocycles. The van der Waals surface area contributed by atoms with Crippen molar-refractivity contribution in [2.24, 2.45) is 5.41 Å². The summed E-state index contributed by atoms with van der Waals surface area (Å²) >= 11 is 1.19. The highest BCUT2D eigenvalue weighted by molar-refractivity contribution is 7.85. The summed E-state index contributed by atoms with van der Waals surface area (Å²) < 4.78 is 32.1. The van der Waals surface area contributed by atoms with E-state index in [1.807, 2.05) is 26.8 Å². The highest BCUT2D eigenvalue weighted by atomic mass is 32.2. The third kappa shape index (κ3) is 4.22. The number of allylic oxidation sites excluding steroid dienone is 2. The van der Waals surface area contributed by atoms with Crippen LogP contribution < -0.4 is 5.32 Å². The number of nitrogens with zero attached hydrogens (tertiary/aromatic N) is 2. The number of nitriles is 1. The van der Waals surface area contributed by atoms with Gasteiger partial charge in [-0.2, -0.15) is 13.7 Å². The number of anilines is 1. The predicted molar refractivity (Wildman–Crippen MR) is 98.6 cm³/mol. The van der Waals surface area contributed by atoms with Gasteiger partial charge in [0.2, 0.25) is 0 Å². The first-order chi connectivity index (χ1) is 11.4. The van der Waals surface area contributed by atoms with Gasteiger partial charge < -0.3 is 10.7 Å². The van der Waals surface area contributed by atoms with Gasteiger partial charge in [0.25, 0.3) is 10.1 Å². The van der Waals surface area contributed by atoms with Crippen LogP contribution in [0.3, 0.4) is 0 Å². The first-order valence-electron chi connectivity index (χ1n) is 7.29. The number of benzene rings is 1. The van der Waals surface area contributed by atoms with E-state index in [2.05, 4.69) is 10.3 Å². The van der Waals surface area contributed by atoms with Gasteiger partial charge in [-0.1, -0.05) is 32.1 Å². The van der Waals surface area contributed by atoms with E-state index < -0.39 is 15.5 Å². The molecule has 0 atom stereocenters. The zero-order chi connectivity index (χ0) is 19.0. The average Bonchev–Trinajstić information content (AvgIpc) is 2.87. The molecule has 0 aliphatic heterocycles. The highest BCUT2D eigenvalue weighted by Crippen LogP contribution is 2.30. The van der Waals surface area contributed by atoms with Crippen molar-refractivity contribution in [2.45, 2.75) is 32.6 Å². The van der Waals surface area contributed by atoms with Crippen LogP contribution >= 0.6 is 11.3 Å². The summed E-state index contributed by atoms with van der Waals surface area (Å²) in [5, 5.41) is 21.0. The topological polar surface area (TPSA) is 127 Å². The Morgan fingerprint density at radius 1 is 1.40 bits per heavy atom. The number of hydrogen-bond donors (Lipinski definition) is 3. The molecule has 0 unspecified atom stereocenters. The molecule has 25 heavy (non-hydrogen) atoms. The number of fused-ring (bicyclic) bond motifs is 1. The largest absolute Gasteiger partial charge is 0.334 e. The highest BCUT2D eigenvalue weighted by Gasteiger charge is 2.23. The first kappa shape index (κ1) is 19.1. The lowest BCUT2D eigenvalue weighted by molar-refractivity contribution is 0.483. The molecule has 2 aromatic rings. The zero-order valence-electron chi connectivity index (χ0n) is 14.2. The van der Waals surface area contributed by atoms with Gasteiger partial charge >= 0.3 is 0 Å². The maximum Gasteiger partial charge on any atom is 0.294 e. The van der Waals surface area contributed by atoms with Crippen LogP contribution in [-0.2, 0) is 10.1 Å². The standard InChI is InChI=1S/C16H18N4O3S2/c1-9(11(8-17)14(18)16(2,3)4)19-15-20-12-6-5-10(25(21,22)23)7-13(12)24-15/h5-7,18H,1-4H3,(H,19,20)(H,21,22,23)/b11-9-,18-14?. The second kappa shape index (κ2) is 6.55. The van der Waals surface area contributed by atoms with Crippen LogP contribution in [0.2, 0.25) is 0 Å². The van der Waals surface area contributed by atoms with Crippen LogP contribution in [0, 0.1) is 22.2 Å². The van der Waals surface area contributed by atoms with E-state index in [9.17, 15) is 13.7 Å². The van der Waals surface area contributed by atoms with Crippen molar-refractivity contribution in [1.82, 2.24) is 4.98 Å². The lowest BCUT2D eigenvalue weighted by atomic mass is 9.85. The SMILES string of the molecule is C/C(Nc1nc2ccc(S(=O)(=O)O)cc2s1)=C(\C#N)C(=N)C(C)(C)C. The van der Waals surface area contributed by atoms with Crippen LogP contribution in [0.4, 0.5) is 5.13 Å². The van der Waals surface area contributed by atoms with Crippen molar-refractivity contribution in [1.29, 1.82) is 10.7 Å². The lowest BCUT2D eigenvalue weighted by Gasteiger charge is -2.20. The monoisotopic (exact) mass is 378 g/mol. The molecule has 132 valence electrons. The molecule has 0 amide bonds. The van der Waals surface area contributed by atoms with Gasteiger partial charge in [0.15, 0.2) is 5.13 Å². The molecule has 7 nitrogen and oxygen atoms in total. The number of hydrogen-bond acceptors (Lipinski definition) is 7. The number of aromatic nitrogens is 1. The molecule has 0 saturated heterocycles. The number of rotatable bonds is 4. The maximum absolute atomic E-state index is 11.2. The van der Waals surface area contributed by atoms with Crippen LogP contribution in [-0.4, -0.2) is 23.7 Å². The Labute approximate surface area is 150 Å². The minimum Gasteiger partial charge on any atom is -0.334 e. The minimum absolute atomic E-state index is 0.199. The van der Waals surface area contributed by atoms with Crippen molar-refractivity contribution >= 4 is 42.5 Å². The molecule has 2 rings (SSSR count). The molecule has 0 radical (unpaired) electrons. The molecule has 0 fully saturated rings. The van der Waals surface area contributed by atoms with E-state index in [1.54, 1.807) is 6.92 Å². The van der Waals surface area contributed by atoms with Gasteiger partial charge in [0.1, 0.15) is 6.07 Å². The van der Waals surface area contributed by atoms with Gasteiger partial charge in [0.05, 0.1) is 26.4 Å². The predicted octanol–water partition coefficient (Wildman–Crippen LogP) is 3.82. The molecule has 9 heteroatoms. The fourth-order valence-corrected chi connectivity index (χ4v) is 3.59. The van der Waals surface area contributed by atoms with Crippen LogP contribution in [0.15, 0.2) is 34.4 Å². The third-order valence-corrected chi connectivity index (χ3v) is 5.22. The smallest absolute Gasteiger partial charge is 0.294 e. The van der Waals surface area contributed by atoms with Gasteiger partial charge in [-0.3, -0.25) is 4.55 Å². The van der Waals surface area contributed by atoms with E-state index in [1.165, 1.54) is 29.5 Å². The quantitative estimate of drug-likeness (QED) is 0.422. The lowest BCUT2D eigenvalue weighted by Crippen LogP contribution is -2.22. The van der Waals surface area contributed by atoms with Crippen LogP contribution in [0.25, 0.3) is 10.2 Å². The summed E-state index contributed by atoms with van der Waals surface area (Å²) in [7, 11) is -4.28. The van der Waals surface area contributed by atoms with Gasteiger partial charge in [-0.05, 0) is 25.1 Å². The summed E-state index contributed by atoms with van der Waals surface area (Å²) in [5.41, 5.74) is 1.06. The Hall–Kier alpha value is -2.28. The summed E-state index contributed by atoms with van der Waals surface area (Å²) in [6.07, 6.45) is 0. The fraction of sp³-hybridized carbons (Fsp3) is 0.312. The molecule has 1 heterocycles. The Balaban J connectivity index is 2.41. The summed E-state index contributed by atoms with van der Waals surface area (Å²) in [6.45, 7) is 7.26. The minimum atomic E-state index is -4.28. The van der Waals surface area contributed by atoms with Crippen LogP contribution in [0.1, 0.15) is 27.7 Å². The van der Waals surface area contributed by atoms with Crippen LogP contribution in [0.5, 0.6) is 0 Å². The van der Waals surface area contributed by atoms with Gasteiger partial charge in [-0.15, -0.1) is 0 Å². The number of nitrogens with one attached hydrogen (secondary N) is 2. The molecular weight excluding hydrogens is 360 g/mol.